The van der Waals surface area contributed by atoms with Crippen molar-refractivity contribution in [3.8, 4) is 5.75 Å². The molecule has 1 N–H and O–H groups in total. The van der Waals surface area contributed by atoms with Crippen molar-refractivity contribution in [3.05, 3.63) is 64.6 Å². The van der Waals surface area contributed by atoms with Gasteiger partial charge in [-0.2, -0.15) is 18.2 Å². The number of hydrogen-bond acceptors (Lipinski definition) is 4. The lowest BCUT2D eigenvalue weighted by molar-refractivity contribution is -0.837. The van der Waals surface area contributed by atoms with Crippen molar-refractivity contribution in [3.63, 3.8) is 0 Å². The van der Waals surface area contributed by atoms with Crippen molar-refractivity contribution in [1.82, 2.24) is 4.90 Å². The second-order valence-electron chi connectivity index (χ2n) is 7.02. The van der Waals surface area contributed by atoms with Crippen molar-refractivity contribution < 1.29 is 28.0 Å². The monoisotopic (exact) mass is 433 g/mol. The molecule has 0 radical (unpaired) electrons. The second-order valence-corrected chi connectivity index (χ2v) is 8.03. The zero-order valence-electron chi connectivity index (χ0n) is 15.8. The van der Waals surface area contributed by atoms with E-state index in [4.69, 9.17) is 0 Å². The van der Waals surface area contributed by atoms with Crippen LogP contribution in [0.15, 0.2) is 58.4 Å². The Hall–Kier alpha value is -2.78. The van der Waals surface area contributed by atoms with E-state index in [0.717, 1.165) is 11.0 Å². The van der Waals surface area contributed by atoms with Crippen LogP contribution in [0.5, 0.6) is 5.75 Å². The van der Waals surface area contributed by atoms with Gasteiger partial charge >= 0.3 is 6.18 Å². The first-order chi connectivity index (χ1) is 14.3. The summed E-state index contributed by atoms with van der Waals surface area (Å²) in [7, 11) is 0. The third-order valence-electron chi connectivity index (χ3n) is 5.05. The van der Waals surface area contributed by atoms with E-state index >= 15 is 0 Å². The zero-order valence-corrected chi connectivity index (χ0v) is 16.6. The average molecular weight is 433 g/mol. The molecule has 156 valence electrons. The molecule has 9 heteroatoms. The minimum Gasteiger partial charge on any atom is -0.872 e. The van der Waals surface area contributed by atoms with Crippen LogP contribution in [0, 0.1) is 0 Å². The quantitative estimate of drug-likeness (QED) is 0.739. The molecule has 4 rings (SSSR count). The van der Waals surface area contributed by atoms with E-state index < -0.39 is 11.7 Å². The summed E-state index contributed by atoms with van der Waals surface area (Å²) < 4.78 is 38.9. The van der Waals surface area contributed by atoms with Crippen LogP contribution in [0.4, 0.5) is 18.9 Å². The molecule has 0 atom stereocenters. The lowest BCUT2D eigenvalue weighted by Crippen LogP contribution is -3.10. The fourth-order valence-corrected chi connectivity index (χ4v) is 4.40. The lowest BCUT2D eigenvalue weighted by atomic mass is 10.1. The molecule has 30 heavy (non-hydrogen) atoms. The van der Waals surface area contributed by atoms with Gasteiger partial charge in [0, 0.05) is 6.07 Å². The predicted molar refractivity (Wildman–Crippen MR) is 107 cm³/mol. The SMILES string of the molecule is O=C1N=C(N2CC[NH+](c3cccc(C(F)(F)F)c3)CC2)S/C1=C\c1ccccc1[O-]. The topological polar surface area (TPSA) is 60.2 Å². The Labute approximate surface area is 175 Å². The number of thioether (sulfide) groups is 1. The molecule has 2 aromatic rings. The molecule has 0 aromatic heterocycles. The van der Waals surface area contributed by atoms with Gasteiger partial charge in [0.15, 0.2) is 5.17 Å². The molecule has 0 saturated carbocycles. The Bertz CT molecular complexity index is 1030. The van der Waals surface area contributed by atoms with Gasteiger partial charge in [-0.15, -0.1) is 5.75 Å². The minimum atomic E-state index is -4.36. The first kappa shape index (κ1) is 20.5. The van der Waals surface area contributed by atoms with Crippen LogP contribution in [0.2, 0.25) is 0 Å². The van der Waals surface area contributed by atoms with E-state index in [2.05, 4.69) is 4.99 Å². The summed E-state index contributed by atoms with van der Waals surface area (Å²) in [5.74, 6) is -0.545. The van der Waals surface area contributed by atoms with E-state index in [0.29, 0.717) is 47.5 Å². The maximum atomic E-state index is 13.0. The normalized spacial score (nSPS) is 19.4. The fraction of sp³-hybridized carbons (Fsp3) is 0.238. The van der Waals surface area contributed by atoms with Crippen molar-refractivity contribution in [1.29, 1.82) is 0 Å². The highest BCUT2D eigenvalue weighted by Crippen LogP contribution is 2.32. The van der Waals surface area contributed by atoms with Gasteiger partial charge in [0.25, 0.3) is 5.91 Å². The molecule has 0 aliphatic carbocycles. The van der Waals surface area contributed by atoms with E-state index in [-0.39, 0.29) is 11.7 Å². The number of nitrogens with one attached hydrogen (secondary N) is 1. The van der Waals surface area contributed by atoms with Crippen LogP contribution in [-0.4, -0.2) is 42.2 Å². The zero-order chi connectivity index (χ0) is 21.3. The van der Waals surface area contributed by atoms with Gasteiger partial charge in [0.05, 0.1) is 36.6 Å². The number of amides is 1. The molecule has 2 aromatic carbocycles. The predicted octanol–water partition coefficient (Wildman–Crippen LogP) is 2.28. The molecule has 0 spiro atoms. The first-order valence-electron chi connectivity index (χ1n) is 9.37. The van der Waals surface area contributed by atoms with Crippen LogP contribution < -0.4 is 10.0 Å². The molecule has 1 fully saturated rings. The first-order valence-corrected chi connectivity index (χ1v) is 10.2. The number of nitrogens with zero attached hydrogens (tertiary/aromatic N) is 2. The lowest BCUT2D eigenvalue weighted by Gasteiger charge is -2.32. The molecule has 2 aliphatic rings. The van der Waals surface area contributed by atoms with Crippen molar-refractivity contribution >= 4 is 34.6 Å². The van der Waals surface area contributed by atoms with Crippen molar-refractivity contribution in [2.24, 2.45) is 4.99 Å². The Kier molecular flexibility index (Phi) is 5.57. The van der Waals surface area contributed by atoms with Gasteiger partial charge in [0.2, 0.25) is 0 Å². The van der Waals surface area contributed by atoms with Crippen LogP contribution in [0.1, 0.15) is 11.1 Å². The number of para-hydroxylation sites is 1. The number of rotatable bonds is 2. The third kappa shape index (κ3) is 4.36. The fourth-order valence-electron chi connectivity index (χ4n) is 3.45. The highest BCUT2D eigenvalue weighted by Gasteiger charge is 2.33. The van der Waals surface area contributed by atoms with E-state index in [1.807, 2.05) is 4.90 Å². The third-order valence-corrected chi connectivity index (χ3v) is 6.09. The van der Waals surface area contributed by atoms with Gasteiger partial charge in [-0.05, 0) is 35.5 Å². The molecular formula is C21H18F3N3O2S. The number of aliphatic imine (C=N–C) groups is 1. The number of amidine groups is 1. The number of alkyl halides is 3. The summed E-state index contributed by atoms with van der Waals surface area (Å²) >= 11 is 1.22. The summed E-state index contributed by atoms with van der Waals surface area (Å²) in [5.41, 5.74) is 0.391. The molecule has 5 nitrogen and oxygen atoms in total. The number of halogens is 3. The summed E-state index contributed by atoms with van der Waals surface area (Å²) in [6.45, 7) is 2.32. The number of quaternary nitrogens is 1. The van der Waals surface area contributed by atoms with E-state index in [1.165, 1.54) is 30.0 Å². The number of benzene rings is 2. The Morgan fingerprint density at radius 3 is 2.53 bits per heavy atom. The molecule has 2 aliphatic heterocycles. The standard InChI is InChI=1S/C21H18F3N3O2S/c22-21(23,24)15-5-3-6-16(13-15)26-8-10-27(11-9-26)20-25-19(29)18(30-20)12-14-4-1-2-7-17(14)28/h1-7,12-13,28H,8-11H2/b18-12-. The summed E-state index contributed by atoms with van der Waals surface area (Å²) in [6.07, 6.45) is -2.81. The van der Waals surface area contributed by atoms with Gasteiger partial charge in [-0.3, -0.25) is 9.69 Å². The maximum absolute atomic E-state index is 13.0. The summed E-state index contributed by atoms with van der Waals surface area (Å²) in [5, 5.41) is 12.4. The number of hydrogen-bond donors (Lipinski definition) is 1. The molecule has 2 heterocycles. The Morgan fingerprint density at radius 2 is 1.83 bits per heavy atom. The van der Waals surface area contributed by atoms with Crippen molar-refractivity contribution in [2.45, 2.75) is 6.18 Å². The smallest absolute Gasteiger partial charge is 0.416 e. The van der Waals surface area contributed by atoms with E-state index in [9.17, 15) is 23.1 Å². The summed E-state index contributed by atoms with van der Waals surface area (Å²) in [4.78, 5) is 19.7. The number of carbonyl (C=O) groups is 1. The van der Waals surface area contributed by atoms with Gasteiger partial charge < -0.3 is 10.0 Å². The molecule has 0 bridgehead atoms. The van der Waals surface area contributed by atoms with Gasteiger partial charge in [-0.25, -0.2) is 0 Å². The number of carbonyl (C=O) groups excluding carboxylic acids is 1. The maximum Gasteiger partial charge on any atom is 0.416 e. The Balaban J connectivity index is 1.41. The van der Waals surface area contributed by atoms with Crippen LogP contribution >= 0.6 is 11.8 Å². The van der Waals surface area contributed by atoms with E-state index in [1.54, 1.807) is 30.3 Å². The molecule has 1 saturated heterocycles. The largest absolute Gasteiger partial charge is 0.872 e. The average Bonchev–Trinajstić information content (AvgIpc) is 3.10. The second kappa shape index (κ2) is 8.16. The van der Waals surface area contributed by atoms with Gasteiger partial charge in [0.1, 0.15) is 5.69 Å². The van der Waals surface area contributed by atoms with Gasteiger partial charge in [-0.1, -0.05) is 30.3 Å². The minimum absolute atomic E-state index is 0.162. The molecular weight excluding hydrogens is 415 g/mol. The van der Waals surface area contributed by atoms with Crippen LogP contribution in [0.25, 0.3) is 6.08 Å². The Morgan fingerprint density at radius 1 is 1.10 bits per heavy atom. The summed E-state index contributed by atoms with van der Waals surface area (Å²) in [6, 6.07) is 11.9. The molecule has 0 unspecified atom stereocenters. The highest BCUT2D eigenvalue weighted by atomic mass is 32.2. The number of piperazine rings is 1. The highest BCUT2D eigenvalue weighted by molar-refractivity contribution is 8.18. The van der Waals surface area contributed by atoms with Crippen molar-refractivity contribution in [2.75, 3.05) is 26.2 Å². The van der Waals surface area contributed by atoms with Crippen LogP contribution in [0.3, 0.4) is 0 Å². The van der Waals surface area contributed by atoms with Crippen LogP contribution in [-0.2, 0) is 11.0 Å². The molecule has 1 amide bonds.